The van der Waals surface area contributed by atoms with Crippen molar-refractivity contribution in [1.82, 2.24) is 20.2 Å². The lowest BCUT2D eigenvalue weighted by atomic mass is 9.67. The Morgan fingerprint density at radius 3 is 1.86 bits per heavy atom. The van der Waals surface area contributed by atoms with Crippen LogP contribution < -0.4 is 0 Å². The predicted molar refractivity (Wildman–Crippen MR) is 127 cm³/mol. The Hall–Kier alpha value is -2.90. The third-order valence-electron chi connectivity index (χ3n) is 7.21. The fourth-order valence-corrected chi connectivity index (χ4v) is 4.27. The van der Waals surface area contributed by atoms with E-state index in [1.165, 1.54) is 24.5 Å². The smallest absolute Gasteiger partial charge is 0.261 e. The van der Waals surface area contributed by atoms with Crippen molar-refractivity contribution in [3.8, 4) is 0 Å². The van der Waals surface area contributed by atoms with Crippen LogP contribution in [0.4, 0.5) is 17.6 Å². The molecule has 1 unspecified atom stereocenters. The molecule has 0 aliphatic carbocycles. The van der Waals surface area contributed by atoms with Gasteiger partial charge in [-0.05, 0) is 76.8 Å². The number of halogens is 4. The highest BCUT2D eigenvalue weighted by Crippen LogP contribution is 2.42. The summed E-state index contributed by atoms with van der Waals surface area (Å²) in [5.41, 5.74) is 0.784. The maximum atomic E-state index is 13.8. The van der Waals surface area contributed by atoms with Crippen LogP contribution in [0.15, 0.2) is 55.2 Å². The molecule has 0 bridgehead atoms. The number of rotatable bonds is 9. The van der Waals surface area contributed by atoms with Crippen LogP contribution in [0.3, 0.4) is 0 Å². The van der Waals surface area contributed by atoms with E-state index < -0.39 is 11.9 Å². The highest BCUT2D eigenvalue weighted by molar-refractivity contribution is 5.26. The number of hydrogen-bond donors (Lipinski definition) is 0. The van der Waals surface area contributed by atoms with E-state index in [1.54, 1.807) is 18.6 Å². The van der Waals surface area contributed by atoms with E-state index in [1.807, 2.05) is 19.9 Å². The lowest BCUT2D eigenvalue weighted by Gasteiger charge is -2.37. The van der Waals surface area contributed by atoms with Crippen molar-refractivity contribution in [1.29, 1.82) is 0 Å². The van der Waals surface area contributed by atoms with Gasteiger partial charge in [-0.25, -0.2) is 4.39 Å². The molecule has 0 fully saturated rings. The van der Waals surface area contributed by atoms with Crippen LogP contribution in [0.5, 0.6) is 0 Å². The average Bonchev–Trinajstić information content (AvgIpc) is 2.82. The van der Waals surface area contributed by atoms with Gasteiger partial charge >= 0.3 is 6.18 Å². The minimum Gasteiger partial charge on any atom is -0.261 e. The van der Waals surface area contributed by atoms with Gasteiger partial charge in [0.2, 0.25) is 0 Å². The molecule has 0 aromatic carbocycles. The topological polar surface area (TPSA) is 51.6 Å². The van der Waals surface area contributed by atoms with Crippen LogP contribution in [-0.4, -0.2) is 20.2 Å². The van der Waals surface area contributed by atoms with Crippen molar-refractivity contribution >= 4 is 0 Å². The summed E-state index contributed by atoms with van der Waals surface area (Å²) in [6.07, 6.45) is 6.27. The van der Waals surface area contributed by atoms with Crippen LogP contribution in [-0.2, 0) is 22.4 Å². The summed E-state index contributed by atoms with van der Waals surface area (Å²) in [5.74, 6) is -0.358. The third kappa shape index (κ3) is 6.61. The maximum absolute atomic E-state index is 13.8. The molecular formula is C27H32F4N4. The summed E-state index contributed by atoms with van der Waals surface area (Å²) in [5, 5.41) is 7.98. The second kappa shape index (κ2) is 9.99. The first-order valence-corrected chi connectivity index (χ1v) is 11.6. The summed E-state index contributed by atoms with van der Waals surface area (Å²) in [6.45, 7) is 10.4. The average molecular weight is 489 g/mol. The summed E-state index contributed by atoms with van der Waals surface area (Å²) in [7, 11) is 0. The van der Waals surface area contributed by atoms with Gasteiger partial charge in [-0.3, -0.25) is 9.97 Å². The molecule has 3 aromatic heterocycles. The monoisotopic (exact) mass is 488 g/mol. The van der Waals surface area contributed by atoms with Gasteiger partial charge in [0, 0.05) is 18.6 Å². The number of hydrogen-bond acceptors (Lipinski definition) is 4. The first-order valence-electron chi connectivity index (χ1n) is 11.6. The van der Waals surface area contributed by atoms with E-state index in [-0.39, 0.29) is 22.1 Å². The van der Waals surface area contributed by atoms with Crippen LogP contribution >= 0.6 is 0 Å². The molecule has 0 aliphatic rings. The van der Waals surface area contributed by atoms with Crippen molar-refractivity contribution in [3.63, 3.8) is 0 Å². The summed E-state index contributed by atoms with van der Waals surface area (Å²) in [6, 6.07) is 6.04. The van der Waals surface area contributed by atoms with E-state index in [2.05, 4.69) is 40.9 Å². The van der Waals surface area contributed by atoms with Crippen molar-refractivity contribution in [3.05, 3.63) is 83.5 Å². The molecule has 0 spiro atoms. The standard InChI is InChI=1S/C27H32F4N4/c1-24(2,19-6-7-23(33-16-19)27(29,30)31)9-11-26(5,20-8-13-34-35-17-20)12-10-25(3,4)21-14-22(28)18-32-15-21/h6-8,13-18H,9-12H2,1-5H3. The van der Waals surface area contributed by atoms with Crippen LogP contribution in [0, 0.1) is 5.82 Å². The quantitative estimate of drug-likeness (QED) is 0.299. The van der Waals surface area contributed by atoms with E-state index in [0.29, 0.717) is 0 Å². The van der Waals surface area contributed by atoms with Gasteiger partial charge in [0.25, 0.3) is 0 Å². The number of alkyl halides is 3. The van der Waals surface area contributed by atoms with Gasteiger partial charge in [-0.1, -0.05) is 40.7 Å². The molecule has 4 nitrogen and oxygen atoms in total. The molecule has 0 N–H and O–H groups in total. The third-order valence-corrected chi connectivity index (χ3v) is 7.21. The molecule has 3 aromatic rings. The first-order chi connectivity index (χ1) is 16.2. The SMILES string of the molecule is CC(C)(CCC(C)(CCC(C)(C)c1cncc(F)c1)c1ccnnc1)c1ccc(C(F)(F)F)nc1. The second-order valence-corrected chi connectivity index (χ2v) is 10.8. The van der Waals surface area contributed by atoms with Crippen LogP contribution in [0.2, 0.25) is 0 Å². The zero-order chi connectivity index (χ0) is 25.9. The molecule has 0 aliphatic heterocycles. The molecule has 1 atom stereocenters. The molecule has 0 radical (unpaired) electrons. The lowest BCUT2D eigenvalue weighted by Crippen LogP contribution is -2.30. The van der Waals surface area contributed by atoms with Crippen molar-refractivity contribution < 1.29 is 17.6 Å². The number of aromatic nitrogens is 4. The normalized spacial score (nSPS) is 14.5. The van der Waals surface area contributed by atoms with Gasteiger partial charge in [0.05, 0.1) is 12.4 Å². The van der Waals surface area contributed by atoms with Gasteiger partial charge in [0.1, 0.15) is 11.5 Å². The number of nitrogens with zero attached hydrogens (tertiary/aromatic N) is 4. The first kappa shape index (κ1) is 26.7. The lowest BCUT2D eigenvalue weighted by molar-refractivity contribution is -0.141. The Kier molecular flexibility index (Phi) is 7.62. The van der Waals surface area contributed by atoms with Crippen LogP contribution in [0.25, 0.3) is 0 Å². The zero-order valence-corrected chi connectivity index (χ0v) is 20.8. The van der Waals surface area contributed by atoms with Gasteiger partial charge in [-0.15, -0.1) is 0 Å². The molecule has 3 rings (SSSR count). The van der Waals surface area contributed by atoms with E-state index in [0.717, 1.165) is 48.4 Å². The summed E-state index contributed by atoms with van der Waals surface area (Å²) < 4.78 is 52.6. The molecule has 3 heterocycles. The Labute approximate surface area is 204 Å². The summed E-state index contributed by atoms with van der Waals surface area (Å²) in [4.78, 5) is 7.66. The molecule has 188 valence electrons. The Balaban J connectivity index is 1.81. The fourth-order valence-electron chi connectivity index (χ4n) is 4.27. The van der Waals surface area contributed by atoms with E-state index in [4.69, 9.17) is 0 Å². The van der Waals surface area contributed by atoms with Crippen molar-refractivity contribution in [2.24, 2.45) is 0 Å². The molecule has 0 saturated heterocycles. The number of pyridine rings is 2. The Morgan fingerprint density at radius 2 is 1.34 bits per heavy atom. The highest BCUT2D eigenvalue weighted by Gasteiger charge is 2.35. The molecule has 0 amide bonds. The minimum absolute atomic E-state index is 0.273. The molecular weight excluding hydrogens is 456 g/mol. The fraction of sp³-hybridized carbons (Fsp3) is 0.481. The molecule has 35 heavy (non-hydrogen) atoms. The zero-order valence-electron chi connectivity index (χ0n) is 20.8. The minimum atomic E-state index is -4.46. The molecule has 0 saturated carbocycles. The van der Waals surface area contributed by atoms with Crippen molar-refractivity contribution in [2.75, 3.05) is 0 Å². The van der Waals surface area contributed by atoms with Gasteiger partial charge in [-0.2, -0.15) is 23.4 Å². The predicted octanol–water partition coefficient (Wildman–Crippen LogP) is 7.20. The summed E-state index contributed by atoms with van der Waals surface area (Å²) >= 11 is 0. The molecule has 8 heteroatoms. The van der Waals surface area contributed by atoms with Gasteiger partial charge < -0.3 is 0 Å². The Bertz CT molecular complexity index is 1110. The second-order valence-electron chi connectivity index (χ2n) is 10.8. The van der Waals surface area contributed by atoms with Gasteiger partial charge in [0.15, 0.2) is 0 Å². The largest absolute Gasteiger partial charge is 0.433 e. The van der Waals surface area contributed by atoms with Crippen molar-refractivity contribution in [2.45, 2.75) is 82.7 Å². The highest BCUT2D eigenvalue weighted by atomic mass is 19.4. The van der Waals surface area contributed by atoms with Crippen LogP contribution in [0.1, 0.15) is 82.7 Å². The van der Waals surface area contributed by atoms with E-state index in [9.17, 15) is 17.6 Å². The van der Waals surface area contributed by atoms with E-state index >= 15 is 0 Å². The maximum Gasteiger partial charge on any atom is 0.433 e. The Morgan fingerprint density at radius 1 is 0.686 bits per heavy atom.